The van der Waals surface area contributed by atoms with Crippen molar-refractivity contribution in [2.24, 2.45) is 0 Å². The zero-order valence-electron chi connectivity index (χ0n) is 10.5. The molecule has 0 bridgehead atoms. The third-order valence-electron chi connectivity index (χ3n) is 2.63. The van der Waals surface area contributed by atoms with Crippen LogP contribution in [0.3, 0.4) is 0 Å². The van der Waals surface area contributed by atoms with Gasteiger partial charge in [0.1, 0.15) is 0 Å². The van der Waals surface area contributed by atoms with Gasteiger partial charge in [-0.1, -0.05) is 25.1 Å². The van der Waals surface area contributed by atoms with Gasteiger partial charge in [-0.05, 0) is 18.2 Å². The van der Waals surface area contributed by atoms with Crippen LogP contribution < -0.4 is 5.11 Å². The summed E-state index contributed by atoms with van der Waals surface area (Å²) in [7, 11) is 0. The molecule has 0 fully saturated rings. The molecule has 4 heteroatoms. The van der Waals surface area contributed by atoms with Gasteiger partial charge in [-0.15, -0.1) is 12.3 Å². The Kier molecular flexibility index (Phi) is 3.33. The first-order chi connectivity index (χ1) is 9.00. The fraction of sp³-hybridized carbons (Fsp3) is 0.0667. The molecule has 0 atom stereocenters. The van der Waals surface area contributed by atoms with E-state index in [1.54, 1.807) is 6.07 Å². The smallest absolute Gasteiger partial charge is 0.182 e. The molecule has 3 N–H and O–H groups in total. The van der Waals surface area contributed by atoms with Crippen LogP contribution in [0.25, 0.3) is 21.8 Å². The van der Waals surface area contributed by atoms with Crippen molar-refractivity contribution in [1.82, 2.24) is 4.98 Å². The second-order valence-corrected chi connectivity index (χ2v) is 4.23. The number of fused-ring (bicyclic) bond motifs is 3. The molecule has 0 spiro atoms. The van der Waals surface area contributed by atoms with E-state index in [2.05, 4.69) is 11.6 Å². The fourth-order valence-corrected chi connectivity index (χ4v) is 1.89. The molecule has 0 saturated heterocycles. The summed E-state index contributed by atoms with van der Waals surface area (Å²) in [6.45, 7) is 4.42. The van der Waals surface area contributed by atoms with Crippen molar-refractivity contribution >= 4 is 21.8 Å². The van der Waals surface area contributed by atoms with Crippen molar-refractivity contribution in [3.63, 3.8) is 0 Å². The van der Waals surface area contributed by atoms with E-state index in [9.17, 15) is 15.3 Å². The number of aromatic hydroxyl groups is 2. The monoisotopic (exact) mass is 256 g/mol. The Morgan fingerprint density at radius 3 is 2.42 bits per heavy atom. The zero-order chi connectivity index (χ0) is 14.0. The summed E-state index contributed by atoms with van der Waals surface area (Å²) in [5.41, 5.74) is 1.53. The van der Waals surface area contributed by atoms with Crippen LogP contribution >= 0.6 is 0 Å². The van der Waals surface area contributed by atoms with Crippen LogP contribution in [0.5, 0.6) is 11.5 Å². The Morgan fingerprint density at radius 1 is 1.11 bits per heavy atom. The van der Waals surface area contributed by atoms with Gasteiger partial charge in [0, 0.05) is 16.3 Å². The third-order valence-corrected chi connectivity index (χ3v) is 2.63. The second kappa shape index (κ2) is 4.94. The Hall–Kier alpha value is -2.62. The van der Waals surface area contributed by atoms with Crippen molar-refractivity contribution in [3.8, 4) is 11.5 Å². The number of aromatic nitrogens is 1. The molecular weight excluding hydrogens is 242 g/mol. The summed E-state index contributed by atoms with van der Waals surface area (Å²) >= 11 is 0. The van der Waals surface area contributed by atoms with Crippen molar-refractivity contribution in [1.29, 1.82) is 0 Å². The third kappa shape index (κ3) is 2.47. The van der Waals surface area contributed by atoms with Gasteiger partial charge >= 0.3 is 0 Å². The number of nitrogens with one attached hydrogen (secondary N) is 1. The van der Waals surface area contributed by atoms with Gasteiger partial charge in [0.2, 0.25) is 0 Å². The highest BCUT2D eigenvalue weighted by atomic mass is 16.3. The quantitative estimate of drug-likeness (QED) is 0.427. The predicted octanol–water partition coefficient (Wildman–Crippen LogP) is 2.61. The molecular formula is C15H14NO3-. The maximum Gasteiger partial charge on any atom is 0.182 e. The molecule has 1 aromatic heterocycles. The van der Waals surface area contributed by atoms with Gasteiger partial charge in [-0.25, -0.2) is 0 Å². The highest BCUT2D eigenvalue weighted by Crippen LogP contribution is 2.36. The lowest BCUT2D eigenvalue weighted by molar-refractivity contribution is -0.300. The molecule has 0 aliphatic carbocycles. The van der Waals surface area contributed by atoms with E-state index in [4.69, 9.17) is 0 Å². The first-order valence-corrected chi connectivity index (χ1v) is 5.74. The average molecular weight is 256 g/mol. The molecule has 0 radical (unpaired) electrons. The van der Waals surface area contributed by atoms with Gasteiger partial charge in [0.05, 0.1) is 5.52 Å². The summed E-state index contributed by atoms with van der Waals surface area (Å²) in [6, 6.07) is 11.1. The summed E-state index contributed by atoms with van der Waals surface area (Å²) in [5.74, 6) is -0.280. The van der Waals surface area contributed by atoms with Crippen LogP contribution in [0, 0.1) is 0 Å². The van der Waals surface area contributed by atoms with Crippen LogP contribution in [0.2, 0.25) is 0 Å². The number of H-pyrrole nitrogens is 1. The summed E-state index contributed by atoms with van der Waals surface area (Å²) in [5, 5.41) is 30.3. The topological polar surface area (TPSA) is 79.3 Å². The number of allylic oxidation sites excluding steroid dienone is 1. The van der Waals surface area contributed by atoms with Crippen molar-refractivity contribution in [2.45, 2.75) is 6.92 Å². The molecule has 98 valence electrons. The molecule has 0 unspecified atom stereocenters. The lowest BCUT2D eigenvalue weighted by Gasteiger charge is -1.97. The van der Waals surface area contributed by atoms with E-state index in [-0.39, 0.29) is 17.3 Å². The Labute approximate surface area is 110 Å². The Bertz CT molecular complexity index is 740. The van der Waals surface area contributed by atoms with Crippen LogP contribution in [0.1, 0.15) is 6.92 Å². The summed E-state index contributed by atoms with van der Waals surface area (Å²) < 4.78 is 0. The minimum atomic E-state index is -0.103. The molecule has 19 heavy (non-hydrogen) atoms. The highest BCUT2D eigenvalue weighted by molar-refractivity contribution is 6.09. The van der Waals surface area contributed by atoms with Gasteiger partial charge in [0.15, 0.2) is 11.5 Å². The number of aromatic amines is 1. The first-order valence-electron chi connectivity index (χ1n) is 5.74. The van der Waals surface area contributed by atoms with Gasteiger partial charge < -0.3 is 20.3 Å². The molecule has 3 rings (SSSR count). The number of hydrogen-bond acceptors (Lipinski definition) is 3. The SMILES string of the molecule is C=C(C)[O-].Oc1ccc2c([nH]c3ccccc32)c1O. The average Bonchev–Trinajstić information content (AvgIpc) is 2.73. The van der Waals surface area contributed by atoms with E-state index in [0.717, 1.165) is 16.3 Å². The molecule has 0 amide bonds. The normalized spacial score (nSPS) is 10.2. The van der Waals surface area contributed by atoms with Gasteiger partial charge in [0.25, 0.3) is 0 Å². The van der Waals surface area contributed by atoms with Crippen LogP contribution in [-0.2, 0) is 0 Å². The molecule has 1 heterocycles. The lowest BCUT2D eigenvalue weighted by atomic mass is 10.1. The van der Waals surface area contributed by atoms with Crippen molar-refractivity contribution in [2.75, 3.05) is 0 Å². The molecule has 0 saturated carbocycles. The second-order valence-electron chi connectivity index (χ2n) is 4.23. The van der Waals surface area contributed by atoms with E-state index in [1.165, 1.54) is 13.0 Å². The van der Waals surface area contributed by atoms with Crippen LogP contribution in [-0.4, -0.2) is 15.2 Å². The largest absolute Gasteiger partial charge is 0.876 e. The Morgan fingerprint density at radius 2 is 1.74 bits per heavy atom. The molecule has 4 nitrogen and oxygen atoms in total. The first kappa shape index (κ1) is 12.8. The van der Waals surface area contributed by atoms with Gasteiger partial charge in [-0.2, -0.15) is 0 Å². The van der Waals surface area contributed by atoms with E-state index >= 15 is 0 Å². The van der Waals surface area contributed by atoms with Crippen LogP contribution in [0.4, 0.5) is 0 Å². The molecule has 2 aromatic carbocycles. The Balaban J connectivity index is 0.000000297. The van der Waals surface area contributed by atoms with E-state index in [1.807, 2.05) is 24.3 Å². The number of benzene rings is 2. The van der Waals surface area contributed by atoms with Crippen molar-refractivity contribution < 1.29 is 15.3 Å². The van der Waals surface area contributed by atoms with Gasteiger partial charge in [-0.3, -0.25) is 0 Å². The van der Waals surface area contributed by atoms with E-state index < -0.39 is 0 Å². The molecule has 0 aliphatic rings. The standard InChI is InChI=1S/C12H9NO2.C3H6O/c14-10-6-5-8-7-3-1-2-4-9(7)13-11(8)12(10)15;1-3(2)4/h1-6,13-15H;4H,1H2,2H3/p-1. The minimum absolute atomic E-state index is 0.0833. The minimum Gasteiger partial charge on any atom is -0.876 e. The molecule has 0 aliphatic heterocycles. The van der Waals surface area contributed by atoms with Crippen LogP contribution in [0.15, 0.2) is 48.7 Å². The number of para-hydroxylation sites is 1. The molecule has 3 aromatic rings. The summed E-state index contributed by atoms with van der Waals surface area (Å²) in [6.07, 6.45) is 0. The lowest BCUT2D eigenvalue weighted by Crippen LogP contribution is -1.92. The number of hydrogen-bond donors (Lipinski definition) is 3. The van der Waals surface area contributed by atoms with E-state index in [0.29, 0.717) is 5.52 Å². The zero-order valence-corrected chi connectivity index (χ0v) is 10.5. The fourth-order valence-electron chi connectivity index (χ4n) is 1.89. The highest BCUT2D eigenvalue weighted by Gasteiger charge is 2.09. The van der Waals surface area contributed by atoms with Crippen molar-refractivity contribution in [3.05, 3.63) is 48.7 Å². The number of rotatable bonds is 0. The summed E-state index contributed by atoms with van der Waals surface area (Å²) in [4.78, 5) is 3.08. The number of phenols is 2. The maximum atomic E-state index is 9.68. The maximum absolute atomic E-state index is 9.68. The number of phenolic OH excluding ortho intramolecular Hbond substituents is 2. The predicted molar refractivity (Wildman–Crippen MR) is 73.9 cm³/mol.